The molecular formula is C14H20N2O. The zero-order chi connectivity index (χ0) is 12.1. The summed E-state index contributed by atoms with van der Waals surface area (Å²) in [5.41, 5.74) is 0.835. The van der Waals surface area contributed by atoms with Gasteiger partial charge in [0.25, 0.3) is 0 Å². The highest BCUT2D eigenvalue weighted by Gasteiger charge is 2.14. The third-order valence-corrected chi connectivity index (χ3v) is 3.35. The molecule has 3 heteroatoms. The lowest BCUT2D eigenvalue weighted by Gasteiger charge is -2.32. The first-order valence-electron chi connectivity index (χ1n) is 6.25. The van der Waals surface area contributed by atoms with Gasteiger partial charge in [0, 0.05) is 44.7 Å². The van der Waals surface area contributed by atoms with Crippen molar-refractivity contribution in [1.82, 2.24) is 9.80 Å². The number of ketones is 1. The molecule has 0 aliphatic carbocycles. The van der Waals surface area contributed by atoms with Gasteiger partial charge in [-0.3, -0.25) is 4.79 Å². The van der Waals surface area contributed by atoms with E-state index in [0.717, 1.165) is 38.3 Å². The number of carbonyl (C=O) groups excluding carboxylic acids is 1. The van der Waals surface area contributed by atoms with Gasteiger partial charge in [-0.1, -0.05) is 30.3 Å². The molecule has 0 bridgehead atoms. The van der Waals surface area contributed by atoms with Crippen LogP contribution in [0.3, 0.4) is 0 Å². The lowest BCUT2D eigenvalue weighted by molar-refractivity contribution is 0.0942. The number of rotatable bonds is 4. The zero-order valence-corrected chi connectivity index (χ0v) is 10.4. The smallest absolute Gasteiger partial charge is 0.164 e. The number of piperazine rings is 1. The first kappa shape index (κ1) is 12.3. The number of Topliss-reactive ketones (excluding diaryl/α,β-unsaturated/α-hetero) is 1. The van der Waals surface area contributed by atoms with Crippen LogP contribution < -0.4 is 0 Å². The quantitative estimate of drug-likeness (QED) is 0.735. The molecule has 1 aromatic rings. The van der Waals surface area contributed by atoms with Crippen molar-refractivity contribution >= 4 is 5.78 Å². The van der Waals surface area contributed by atoms with Crippen molar-refractivity contribution in [3.63, 3.8) is 0 Å². The molecule has 1 fully saturated rings. The Morgan fingerprint density at radius 2 is 1.76 bits per heavy atom. The molecule has 17 heavy (non-hydrogen) atoms. The predicted molar refractivity (Wildman–Crippen MR) is 69.3 cm³/mol. The minimum absolute atomic E-state index is 0.254. The van der Waals surface area contributed by atoms with Crippen LogP contribution in [0.25, 0.3) is 0 Å². The molecule has 0 amide bonds. The summed E-state index contributed by atoms with van der Waals surface area (Å²) in [6.07, 6.45) is 0.633. The SMILES string of the molecule is CN1CCN(CCC(=O)c2ccccc2)CC1. The maximum absolute atomic E-state index is 11.9. The summed E-state index contributed by atoms with van der Waals surface area (Å²) in [5, 5.41) is 0. The van der Waals surface area contributed by atoms with Gasteiger partial charge in [-0.05, 0) is 7.05 Å². The van der Waals surface area contributed by atoms with Crippen molar-refractivity contribution in [2.24, 2.45) is 0 Å². The van der Waals surface area contributed by atoms with Crippen molar-refractivity contribution in [2.75, 3.05) is 39.8 Å². The van der Waals surface area contributed by atoms with Crippen LogP contribution in [-0.4, -0.2) is 55.4 Å². The van der Waals surface area contributed by atoms with E-state index in [-0.39, 0.29) is 5.78 Å². The molecule has 0 atom stereocenters. The molecule has 0 saturated carbocycles. The molecule has 1 heterocycles. The predicted octanol–water partition coefficient (Wildman–Crippen LogP) is 1.51. The van der Waals surface area contributed by atoms with Crippen LogP contribution in [0.1, 0.15) is 16.8 Å². The Kier molecular flexibility index (Phi) is 4.29. The summed E-state index contributed by atoms with van der Waals surface area (Å²) in [7, 11) is 2.15. The number of hydrogen-bond donors (Lipinski definition) is 0. The summed E-state index contributed by atoms with van der Waals surface area (Å²) >= 11 is 0. The third kappa shape index (κ3) is 3.65. The molecule has 92 valence electrons. The zero-order valence-electron chi connectivity index (χ0n) is 10.4. The lowest BCUT2D eigenvalue weighted by atomic mass is 10.1. The Bertz CT molecular complexity index is 356. The van der Waals surface area contributed by atoms with Gasteiger partial charge in [0.15, 0.2) is 5.78 Å². The van der Waals surface area contributed by atoms with Gasteiger partial charge in [0.2, 0.25) is 0 Å². The van der Waals surface area contributed by atoms with Crippen molar-refractivity contribution < 1.29 is 4.79 Å². The average Bonchev–Trinajstić information content (AvgIpc) is 2.39. The second-order valence-corrected chi connectivity index (χ2v) is 4.68. The van der Waals surface area contributed by atoms with Gasteiger partial charge in [0.05, 0.1) is 0 Å². The van der Waals surface area contributed by atoms with Crippen molar-refractivity contribution in [3.8, 4) is 0 Å². The first-order valence-corrected chi connectivity index (χ1v) is 6.25. The maximum atomic E-state index is 11.9. The summed E-state index contributed by atoms with van der Waals surface area (Å²) in [5.74, 6) is 0.254. The van der Waals surface area contributed by atoms with Gasteiger partial charge in [-0.25, -0.2) is 0 Å². The number of benzene rings is 1. The molecular weight excluding hydrogens is 212 g/mol. The molecule has 1 aromatic carbocycles. The molecule has 1 saturated heterocycles. The normalized spacial score (nSPS) is 18.2. The van der Waals surface area contributed by atoms with E-state index in [0.29, 0.717) is 6.42 Å². The maximum Gasteiger partial charge on any atom is 0.164 e. The van der Waals surface area contributed by atoms with E-state index in [2.05, 4.69) is 16.8 Å². The monoisotopic (exact) mass is 232 g/mol. The Balaban J connectivity index is 1.77. The van der Waals surface area contributed by atoms with Gasteiger partial charge in [-0.15, -0.1) is 0 Å². The molecule has 3 nitrogen and oxygen atoms in total. The van der Waals surface area contributed by atoms with Crippen LogP contribution in [0.4, 0.5) is 0 Å². The van der Waals surface area contributed by atoms with E-state index in [1.165, 1.54) is 0 Å². The Labute approximate surface area is 103 Å². The molecule has 0 radical (unpaired) electrons. The first-order chi connectivity index (χ1) is 8.25. The van der Waals surface area contributed by atoms with Crippen LogP contribution in [-0.2, 0) is 0 Å². The van der Waals surface area contributed by atoms with Crippen molar-refractivity contribution in [3.05, 3.63) is 35.9 Å². The standard InChI is InChI=1S/C14H20N2O/c1-15-9-11-16(12-10-15)8-7-14(17)13-5-3-2-4-6-13/h2-6H,7-12H2,1H3. The van der Waals surface area contributed by atoms with Gasteiger partial charge >= 0.3 is 0 Å². The second kappa shape index (κ2) is 5.94. The molecule has 1 aliphatic rings. The number of hydrogen-bond acceptors (Lipinski definition) is 3. The van der Waals surface area contributed by atoms with Gasteiger partial charge in [-0.2, -0.15) is 0 Å². The van der Waals surface area contributed by atoms with E-state index in [1.807, 2.05) is 30.3 Å². The van der Waals surface area contributed by atoms with E-state index >= 15 is 0 Å². The lowest BCUT2D eigenvalue weighted by Crippen LogP contribution is -2.45. The second-order valence-electron chi connectivity index (χ2n) is 4.68. The number of carbonyl (C=O) groups is 1. The molecule has 2 rings (SSSR count). The van der Waals surface area contributed by atoms with Gasteiger partial charge in [0.1, 0.15) is 0 Å². The molecule has 0 N–H and O–H groups in total. The van der Waals surface area contributed by atoms with Crippen molar-refractivity contribution in [2.45, 2.75) is 6.42 Å². The molecule has 0 unspecified atom stereocenters. The van der Waals surface area contributed by atoms with Crippen LogP contribution >= 0.6 is 0 Å². The highest BCUT2D eigenvalue weighted by Crippen LogP contribution is 2.05. The summed E-state index contributed by atoms with van der Waals surface area (Å²) in [6.45, 7) is 5.28. The largest absolute Gasteiger partial charge is 0.304 e. The highest BCUT2D eigenvalue weighted by molar-refractivity contribution is 5.96. The topological polar surface area (TPSA) is 23.6 Å². The van der Waals surface area contributed by atoms with E-state index in [1.54, 1.807) is 0 Å². The summed E-state index contributed by atoms with van der Waals surface area (Å²) < 4.78 is 0. The summed E-state index contributed by atoms with van der Waals surface area (Å²) in [6, 6.07) is 9.57. The third-order valence-electron chi connectivity index (χ3n) is 3.35. The average molecular weight is 232 g/mol. The number of nitrogens with zero attached hydrogens (tertiary/aromatic N) is 2. The van der Waals surface area contributed by atoms with Crippen LogP contribution in [0.15, 0.2) is 30.3 Å². The molecule has 0 spiro atoms. The van der Waals surface area contributed by atoms with Gasteiger partial charge < -0.3 is 9.80 Å². The van der Waals surface area contributed by atoms with Crippen LogP contribution in [0, 0.1) is 0 Å². The van der Waals surface area contributed by atoms with Crippen LogP contribution in [0.2, 0.25) is 0 Å². The van der Waals surface area contributed by atoms with Crippen LogP contribution in [0.5, 0.6) is 0 Å². The highest BCUT2D eigenvalue weighted by atomic mass is 16.1. The minimum Gasteiger partial charge on any atom is -0.304 e. The van der Waals surface area contributed by atoms with E-state index in [4.69, 9.17) is 0 Å². The molecule has 1 aliphatic heterocycles. The summed E-state index contributed by atoms with van der Waals surface area (Å²) in [4.78, 5) is 16.6. The van der Waals surface area contributed by atoms with E-state index < -0.39 is 0 Å². The fourth-order valence-corrected chi connectivity index (χ4v) is 2.10. The Morgan fingerprint density at radius 1 is 1.12 bits per heavy atom. The Morgan fingerprint density at radius 3 is 2.41 bits per heavy atom. The fraction of sp³-hybridized carbons (Fsp3) is 0.500. The fourth-order valence-electron chi connectivity index (χ4n) is 2.10. The number of likely N-dealkylation sites (N-methyl/N-ethyl adjacent to an activating group) is 1. The minimum atomic E-state index is 0.254. The Hall–Kier alpha value is -1.19. The van der Waals surface area contributed by atoms with Crippen molar-refractivity contribution in [1.29, 1.82) is 0 Å². The van der Waals surface area contributed by atoms with E-state index in [9.17, 15) is 4.79 Å². The molecule has 0 aromatic heterocycles.